The van der Waals surface area contributed by atoms with Crippen molar-refractivity contribution in [3.05, 3.63) is 89.9 Å². The highest BCUT2D eigenvalue weighted by Crippen LogP contribution is 2.35. The number of rotatable bonds is 4. The van der Waals surface area contributed by atoms with Gasteiger partial charge in [0.25, 0.3) is 5.56 Å². The van der Waals surface area contributed by atoms with E-state index in [1.165, 1.54) is 15.9 Å². The molecular weight excluding hydrogens is 469 g/mol. The van der Waals surface area contributed by atoms with Gasteiger partial charge in [-0.25, -0.2) is 9.36 Å². The summed E-state index contributed by atoms with van der Waals surface area (Å²) in [5.74, 6) is -0.388. The summed E-state index contributed by atoms with van der Waals surface area (Å²) < 4.78 is 2.48. The predicted molar refractivity (Wildman–Crippen MR) is 129 cm³/mol. The molecule has 0 saturated heterocycles. The van der Waals surface area contributed by atoms with Crippen molar-refractivity contribution in [2.24, 2.45) is 0 Å². The highest BCUT2D eigenvalue weighted by molar-refractivity contribution is 7.19. The number of anilines is 1. The molecule has 0 unspecified atom stereocenters. The van der Waals surface area contributed by atoms with Gasteiger partial charge in [0.05, 0.1) is 11.1 Å². The van der Waals surface area contributed by atoms with Crippen LogP contribution in [0, 0.1) is 0 Å². The van der Waals surface area contributed by atoms with Gasteiger partial charge in [-0.15, -0.1) is 11.3 Å². The van der Waals surface area contributed by atoms with Crippen LogP contribution in [0.4, 0.5) is 5.69 Å². The lowest BCUT2D eigenvalue weighted by Crippen LogP contribution is -2.40. The van der Waals surface area contributed by atoms with Crippen LogP contribution >= 0.6 is 34.5 Å². The summed E-state index contributed by atoms with van der Waals surface area (Å²) in [6, 6.07) is 13.4. The zero-order valence-electron chi connectivity index (χ0n) is 16.7. The molecule has 2 aromatic heterocycles. The number of aromatic nitrogens is 2. The SMILES string of the molecule is O=C(Cn1c(=O)n(-c2cccc(Cl)c2)c(=O)c2c3c(sc21)CCC3)Nc1cccc(Cl)c1. The van der Waals surface area contributed by atoms with Crippen molar-refractivity contribution in [1.82, 2.24) is 9.13 Å². The van der Waals surface area contributed by atoms with Crippen LogP contribution in [-0.2, 0) is 24.2 Å². The van der Waals surface area contributed by atoms with Crippen molar-refractivity contribution >= 4 is 56.3 Å². The van der Waals surface area contributed by atoms with E-state index >= 15 is 0 Å². The first-order valence-electron chi connectivity index (χ1n) is 10.0. The fourth-order valence-electron chi connectivity index (χ4n) is 4.10. The van der Waals surface area contributed by atoms with Gasteiger partial charge in [-0.05, 0) is 61.2 Å². The van der Waals surface area contributed by atoms with Crippen LogP contribution in [0.2, 0.25) is 10.0 Å². The molecule has 1 N–H and O–H groups in total. The molecular formula is C23H17Cl2N3O3S. The lowest BCUT2D eigenvalue weighted by Gasteiger charge is -2.13. The van der Waals surface area contributed by atoms with Gasteiger partial charge in [0.2, 0.25) is 5.91 Å². The maximum atomic E-state index is 13.5. The molecule has 4 aromatic rings. The molecule has 32 heavy (non-hydrogen) atoms. The second-order valence-corrected chi connectivity index (χ2v) is 9.54. The summed E-state index contributed by atoms with van der Waals surface area (Å²) in [6.07, 6.45) is 2.63. The fraction of sp³-hybridized carbons (Fsp3) is 0.174. The Hall–Kier alpha value is -2.87. The minimum atomic E-state index is -0.578. The number of fused-ring (bicyclic) bond motifs is 3. The average molecular weight is 486 g/mol. The quantitative estimate of drug-likeness (QED) is 0.457. The Labute approximate surface area is 196 Å². The van der Waals surface area contributed by atoms with Crippen LogP contribution in [0.15, 0.2) is 58.1 Å². The monoisotopic (exact) mass is 485 g/mol. The first-order valence-corrected chi connectivity index (χ1v) is 11.6. The number of aryl methyl sites for hydroxylation is 2. The Kier molecular flexibility index (Phi) is 5.41. The van der Waals surface area contributed by atoms with Crippen LogP contribution in [0.1, 0.15) is 16.9 Å². The molecule has 1 aliphatic carbocycles. The third kappa shape index (κ3) is 3.66. The highest BCUT2D eigenvalue weighted by atomic mass is 35.5. The van der Waals surface area contributed by atoms with Crippen molar-refractivity contribution in [2.45, 2.75) is 25.8 Å². The summed E-state index contributed by atoms with van der Waals surface area (Å²) in [7, 11) is 0. The number of carbonyl (C=O) groups excluding carboxylic acids is 1. The first kappa shape index (κ1) is 21.0. The molecule has 2 aromatic carbocycles. The molecule has 5 rings (SSSR count). The molecule has 0 radical (unpaired) electrons. The molecule has 0 atom stereocenters. The van der Waals surface area contributed by atoms with Crippen molar-refractivity contribution in [3.8, 4) is 5.69 Å². The van der Waals surface area contributed by atoms with E-state index < -0.39 is 5.69 Å². The van der Waals surface area contributed by atoms with E-state index in [2.05, 4.69) is 5.32 Å². The van der Waals surface area contributed by atoms with E-state index in [1.54, 1.807) is 48.5 Å². The lowest BCUT2D eigenvalue weighted by atomic mass is 10.2. The van der Waals surface area contributed by atoms with Crippen LogP contribution in [0.25, 0.3) is 15.9 Å². The Morgan fingerprint density at radius 1 is 1.03 bits per heavy atom. The summed E-state index contributed by atoms with van der Waals surface area (Å²) in [5.41, 5.74) is 0.929. The van der Waals surface area contributed by atoms with Gasteiger partial charge in [0.1, 0.15) is 11.4 Å². The second kappa shape index (κ2) is 8.24. The Bertz CT molecular complexity index is 1500. The molecule has 162 valence electrons. The Balaban J connectivity index is 1.67. The molecule has 0 aliphatic heterocycles. The first-order chi connectivity index (χ1) is 15.4. The van der Waals surface area contributed by atoms with Gasteiger partial charge >= 0.3 is 5.69 Å². The molecule has 0 fully saturated rings. The third-order valence-corrected chi connectivity index (χ3v) is 7.25. The molecule has 2 heterocycles. The van der Waals surface area contributed by atoms with Gasteiger partial charge in [-0.3, -0.25) is 14.2 Å². The standard InChI is InChI=1S/C23H17Cl2N3O3S/c24-13-4-1-6-15(10-13)26-19(29)12-27-22-20(17-8-3-9-18(17)32-22)21(30)28(23(27)31)16-7-2-5-14(25)11-16/h1-2,4-7,10-11H,3,8-9,12H2,(H,26,29). The van der Waals surface area contributed by atoms with E-state index in [0.29, 0.717) is 31.6 Å². The summed E-state index contributed by atoms with van der Waals surface area (Å²) >= 11 is 13.5. The van der Waals surface area contributed by atoms with Gasteiger partial charge in [-0.2, -0.15) is 0 Å². The molecule has 0 saturated carbocycles. The van der Waals surface area contributed by atoms with Crippen LogP contribution in [0.5, 0.6) is 0 Å². The molecule has 0 spiro atoms. The number of nitrogens with one attached hydrogen (secondary N) is 1. The van der Waals surface area contributed by atoms with Crippen molar-refractivity contribution in [3.63, 3.8) is 0 Å². The van der Waals surface area contributed by atoms with Gasteiger partial charge in [-0.1, -0.05) is 35.3 Å². The minimum absolute atomic E-state index is 0.234. The largest absolute Gasteiger partial charge is 0.337 e. The molecule has 1 aliphatic rings. The van der Waals surface area contributed by atoms with Crippen LogP contribution in [-0.4, -0.2) is 15.0 Å². The molecule has 1 amide bonds. The summed E-state index contributed by atoms with van der Waals surface area (Å²) in [4.78, 5) is 41.4. The second-order valence-electron chi connectivity index (χ2n) is 7.59. The van der Waals surface area contributed by atoms with Crippen molar-refractivity contribution < 1.29 is 4.79 Å². The number of hydrogen-bond acceptors (Lipinski definition) is 4. The van der Waals surface area contributed by atoms with Crippen molar-refractivity contribution in [2.75, 3.05) is 5.32 Å². The van der Waals surface area contributed by atoms with Gasteiger partial charge < -0.3 is 5.32 Å². The van der Waals surface area contributed by atoms with E-state index in [1.807, 2.05) is 0 Å². The van der Waals surface area contributed by atoms with E-state index in [0.717, 1.165) is 34.3 Å². The zero-order valence-corrected chi connectivity index (χ0v) is 19.1. The number of amides is 1. The van der Waals surface area contributed by atoms with Gasteiger partial charge in [0.15, 0.2) is 0 Å². The smallest absolute Gasteiger partial charge is 0.324 e. The number of thiophene rings is 1. The molecule has 0 bridgehead atoms. The highest BCUT2D eigenvalue weighted by Gasteiger charge is 2.26. The zero-order chi connectivity index (χ0) is 22.4. The van der Waals surface area contributed by atoms with E-state index in [-0.39, 0.29) is 18.0 Å². The normalized spacial score (nSPS) is 12.8. The number of benzene rings is 2. The topological polar surface area (TPSA) is 73.1 Å². The molecule has 6 nitrogen and oxygen atoms in total. The summed E-state index contributed by atoms with van der Waals surface area (Å²) in [5, 5.41) is 4.18. The maximum Gasteiger partial charge on any atom is 0.337 e. The minimum Gasteiger partial charge on any atom is -0.324 e. The Morgan fingerprint density at radius 3 is 2.53 bits per heavy atom. The van der Waals surface area contributed by atoms with E-state index in [9.17, 15) is 14.4 Å². The molecule has 9 heteroatoms. The number of nitrogens with zero attached hydrogens (tertiary/aromatic N) is 2. The third-order valence-electron chi connectivity index (χ3n) is 5.46. The summed E-state index contributed by atoms with van der Waals surface area (Å²) in [6.45, 7) is -0.234. The lowest BCUT2D eigenvalue weighted by molar-refractivity contribution is -0.116. The van der Waals surface area contributed by atoms with Gasteiger partial charge in [0, 0.05) is 20.6 Å². The number of carbonyl (C=O) groups is 1. The van der Waals surface area contributed by atoms with E-state index in [4.69, 9.17) is 23.2 Å². The maximum absolute atomic E-state index is 13.5. The number of hydrogen-bond donors (Lipinski definition) is 1. The fourth-order valence-corrected chi connectivity index (χ4v) is 5.85. The van der Waals surface area contributed by atoms with Crippen LogP contribution in [0.3, 0.4) is 0 Å². The van der Waals surface area contributed by atoms with Crippen molar-refractivity contribution in [1.29, 1.82) is 0 Å². The average Bonchev–Trinajstić information content (AvgIpc) is 3.32. The predicted octanol–water partition coefficient (Wildman–Crippen LogP) is 4.65. The number of halogens is 2. The Morgan fingerprint density at radius 2 is 1.78 bits per heavy atom. The van der Waals surface area contributed by atoms with Crippen LogP contribution < -0.4 is 16.6 Å².